The quantitative estimate of drug-likeness (QED) is 0.918. The average molecular weight is 317 g/mol. The molecule has 0 unspecified atom stereocenters. The number of aliphatic hydroxyl groups is 1. The second kappa shape index (κ2) is 5.66. The van der Waals surface area contributed by atoms with E-state index in [2.05, 4.69) is 14.9 Å². The Morgan fingerprint density at radius 1 is 1.36 bits per heavy atom. The Morgan fingerprint density at radius 2 is 2.18 bits per heavy atom. The topological polar surface area (TPSA) is 58.5 Å². The molecule has 22 heavy (non-hydrogen) atoms. The molecule has 2 aliphatic rings. The van der Waals surface area contributed by atoms with E-state index >= 15 is 0 Å². The van der Waals surface area contributed by atoms with Crippen LogP contribution in [0.1, 0.15) is 31.4 Å². The van der Waals surface area contributed by atoms with Crippen molar-refractivity contribution < 1.29 is 23.0 Å². The third-order valence-corrected chi connectivity index (χ3v) is 4.68. The number of halogens is 3. The second-order valence-corrected chi connectivity index (χ2v) is 5.92. The molecular weight excluding hydrogens is 299 g/mol. The summed E-state index contributed by atoms with van der Waals surface area (Å²) >= 11 is 0. The van der Waals surface area contributed by atoms with E-state index in [4.69, 9.17) is 4.74 Å². The SMILES string of the molecule is OC[C@@]12CCCN1[C@H](COc1cc(C(F)(F)F)ncn1)CC2. The maximum atomic E-state index is 12.6. The van der Waals surface area contributed by atoms with E-state index in [1.54, 1.807) is 0 Å². The molecule has 0 spiro atoms. The predicted octanol–water partition coefficient (Wildman–Crippen LogP) is 1.86. The summed E-state index contributed by atoms with van der Waals surface area (Å²) in [7, 11) is 0. The molecule has 1 N–H and O–H groups in total. The van der Waals surface area contributed by atoms with Crippen molar-refractivity contribution >= 4 is 0 Å². The van der Waals surface area contributed by atoms with E-state index in [0.29, 0.717) is 0 Å². The first-order valence-corrected chi connectivity index (χ1v) is 7.34. The Bertz CT molecular complexity index is 540. The van der Waals surface area contributed by atoms with Crippen molar-refractivity contribution in [3.8, 4) is 5.88 Å². The fourth-order valence-electron chi connectivity index (χ4n) is 3.57. The molecule has 1 aromatic rings. The van der Waals surface area contributed by atoms with Crippen LogP contribution in [-0.4, -0.2) is 51.3 Å². The van der Waals surface area contributed by atoms with Crippen molar-refractivity contribution in [1.82, 2.24) is 14.9 Å². The number of hydrogen-bond donors (Lipinski definition) is 1. The van der Waals surface area contributed by atoms with Crippen LogP contribution < -0.4 is 4.74 Å². The van der Waals surface area contributed by atoms with Crippen LogP contribution in [0, 0.1) is 0 Å². The highest BCUT2D eigenvalue weighted by molar-refractivity contribution is 5.16. The highest BCUT2D eigenvalue weighted by Crippen LogP contribution is 2.42. The van der Waals surface area contributed by atoms with Gasteiger partial charge in [-0.15, -0.1) is 0 Å². The van der Waals surface area contributed by atoms with Gasteiger partial charge in [-0.2, -0.15) is 13.2 Å². The van der Waals surface area contributed by atoms with Gasteiger partial charge in [0.15, 0.2) is 5.69 Å². The lowest BCUT2D eigenvalue weighted by Gasteiger charge is -2.33. The molecule has 3 rings (SSSR count). The monoisotopic (exact) mass is 317 g/mol. The summed E-state index contributed by atoms with van der Waals surface area (Å²) in [6, 6.07) is 0.928. The Morgan fingerprint density at radius 3 is 2.91 bits per heavy atom. The van der Waals surface area contributed by atoms with Gasteiger partial charge in [0.1, 0.15) is 12.9 Å². The molecule has 2 aliphatic heterocycles. The van der Waals surface area contributed by atoms with Crippen molar-refractivity contribution in [3.05, 3.63) is 18.1 Å². The lowest BCUT2D eigenvalue weighted by Crippen LogP contribution is -2.46. The Balaban J connectivity index is 1.64. The van der Waals surface area contributed by atoms with E-state index < -0.39 is 11.9 Å². The van der Waals surface area contributed by atoms with Crippen LogP contribution >= 0.6 is 0 Å². The van der Waals surface area contributed by atoms with Gasteiger partial charge in [0.25, 0.3) is 0 Å². The summed E-state index contributed by atoms with van der Waals surface area (Å²) in [6.07, 6.45) is 0.122. The van der Waals surface area contributed by atoms with Crippen LogP contribution in [0.25, 0.3) is 0 Å². The smallest absolute Gasteiger partial charge is 0.433 e. The lowest BCUT2D eigenvalue weighted by atomic mass is 9.95. The Kier molecular flexibility index (Phi) is 3.98. The molecule has 2 saturated heterocycles. The maximum absolute atomic E-state index is 12.6. The molecule has 0 bridgehead atoms. The van der Waals surface area contributed by atoms with E-state index in [-0.39, 0.29) is 30.7 Å². The minimum atomic E-state index is -4.50. The maximum Gasteiger partial charge on any atom is 0.433 e. The van der Waals surface area contributed by atoms with Crippen LogP contribution in [0.3, 0.4) is 0 Å². The molecule has 3 heterocycles. The third kappa shape index (κ3) is 2.77. The van der Waals surface area contributed by atoms with Gasteiger partial charge in [-0.25, -0.2) is 9.97 Å². The van der Waals surface area contributed by atoms with Crippen molar-refractivity contribution in [3.63, 3.8) is 0 Å². The standard InChI is InChI=1S/C14H18F3N3O2/c15-14(16,17)11-6-12(19-9-18-11)22-7-10-2-4-13(8-21)3-1-5-20(10)13/h6,9-10,21H,1-5,7-8H2/t10-,13-/m0/s1. The average Bonchev–Trinajstić information content (AvgIpc) is 3.04. The molecule has 0 aromatic carbocycles. The van der Waals surface area contributed by atoms with Gasteiger partial charge in [0.05, 0.1) is 6.61 Å². The number of nitrogens with zero attached hydrogens (tertiary/aromatic N) is 3. The van der Waals surface area contributed by atoms with Crippen LogP contribution in [-0.2, 0) is 6.18 Å². The van der Waals surface area contributed by atoms with Gasteiger partial charge in [0.2, 0.25) is 5.88 Å². The first-order chi connectivity index (χ1) is 10.4. The fourth-order valence-corrected chi connectivity index (χ4v) is 3.57. The third-order valence-electron chi connectivity index (χ3n) is 4.68. The number of ether oxygens (including phenoxy) is 1. The van der Waals surface area contributed by atoms with Crippen molar-refractivity contribution in [2.45, 2.75) is 43.4 Å². The van der Waals surface area contributed by atoms with E-state index in [9.17, 15) is 18.3 Å². The molecule has 0 radical (unpaired) electrons. The van der Waals surface area contributed by atoms with Crippen molar-refractivity contribution in [2.75, 3.05) is 19.8 Å². The van der Waals surface area contributed by atoms with E-state index in [1.165, 1.54) is 0 Å². The highest BCUT2D eigenvalue weighted by Gasteiger charge is 2.48. The molecule has 2 fully saturated rings. The largest absolute Gasteiger partial charge is 0.476 e. The molecule has 5 nitrogen and oxygen atoms in total. The van der Waals surface area contributed by atoms with Gasteiger partial charge < -0.3 is 9.84 Å². The minimum Gasteiger partial charge on any atom is -0.476 e. The van der Waals surface area contributed by atoms with Gasteiger partial charge in [-0.05, 0) is 32.2 Å². The minimum absolute atomic E-state index is 0.0666. The number of hydrogen-bond acceptors (Lipinski definition) is 5. The van der Waals surface area contributed by atoms with Crippen LogP contribution in [0.5, 0.6) is 5.88 Å². The number of fused-ring (bicyclic) bond motifs is 1. The Hall–Kier alpha value is -1.41. The molecule has 2 atom stereocenters. The van der Waals surface area contributed by atoms with Gasteiger partial charge in [0, 0.05) is 17.6 Å². The van der Waals surface area contributed by atoms with Gasteiger partial charge in [-0.1, -0.05) is 0 Å². The van der Waals surface area contributed by atoms with Crippen LogP contribution in [0.15, 0.2) is 12.4 Å². The lowest BCUT2D eigenvalue weighted by molar-refractivity contribution is -0.141. The van der Waals surface area contributed by atoms with Crippen molar-refractivity contribution in [1.29, 1.82) is 0 Å². The molecule has 0 aliphatic carbocycles. The number of alkyl halides is 3. The molecule has 0 amide bonds. The van der Waals surface area contributed by atoms with Crippen molar-refractivity contribution in [2.24, 2.45) is 0 Å². The first-order valence-electron chi connectivity index (χ1n) is 7.34. The molecule has 0 saturated carbocycles. The molecule has 1 aromatic heterocycles. The summed E-state index contributed by atoms with van der Waals surface area (Å²) in [5.41, 5.74) is -1.16. The summed E-state index contributed by atoms with van der Waals surface area (Å²) in [5, 5.41) is 9.63. The number of aliphatic hydroxyl groups excluding tert-OH is 1. The zero-order valence-corrected chi connectivity index (χ0v) is 12.0. The first kappa shape index (κ1) is 15.5. The zero-order chi connectivity index (χ0) is 15.8. The number of aromatic nitrogens is 2. The summed E-state index contributed by atoms with van der Waals surface area (Å²) in [4.78, 5) is 9.18. The Labute approximate surface area is 126 Å². The van der Waals surface area contributed by atoms with E-state index in [0.717, 1.165) is 44.6 Å². The summed E-state index contributed by atoms with van der Waals surface area (Å²) < 4.78 is 43.2. The van der Waals surface area contributed by atoms with Gasteiger partial charge >= 0.3 is 6.18 Å². The summed E-state index contributed by atoms with van der Waals surface area (Å²) in [6.45, 7) is 1.29. The zero-order valence-electron chi connectivity index (χ0n) is 12.0. The molecule has 8 heteroatoms. The van der Waals surface area contributed by atoms with Gasteiger partial charge in [-0.3, -0.25) is 4.90 Å². The van der Waals surface area contributed by atoms with Crippen LogP contribution in [0.2, 0.25) is 0 Å². The number of rotatable bonds is 4. The highest BCUT2D eigenvalue weighted by atomic mass is 19.4. The van der Waals surface area contributed by atoms with E-state index in [1.807, 2.05) is 0 Å². The molecule has 122 valence electrons. The molecular formula is C14H18F3N3O2. The normalized spacial score (nSPS) is 28.8. The summed E-state index contributed by atoms with van der Waals surface area (Å²) in [5.74, 6) is -0.0666. The van der Waals surface area contributed by atoms with Crippen LogP contribution in [0.4, 0.5) is 13.2 Å². The fraction of sp³-hybridized carbons (Fsp3) is 0.714. The predicted molar refractivity (Wildman–Crippen MR) is 71.3 cm³/mol. The second-order valence-electron chi connectivity index (χ2n) is 5.92.